The van der Waals surface area contributed by atoms with Crippen LogP contribution in [0.25, 0.3) is 0 Å². The van der Waals surface area contributed by atoms with Crippen LogP contribution in [0.4, 0.5) is 15.8 Å². The van der Waals surface area contributed by atoms with Crippen LogP contribution in [-0.4, -0.2) is 57.7 Å². The van der Waals surface area contributed by atoms with E-state index in [-0.39, 0.29) is 11.6 Å². The Morgan fingerprint density at radius 2 is 1.68 bits per heavy atom. The lowest BCUT2D eigenvalue weighted by Crippen LogP contribution is -2.55. The van der Waals surface area contributed by atoms with E-state index in [1.807, 2.05) is 30.3 Å². The number of anilines is 2. The second-order valence-electron chi connectivity index (χ2n) is 6.86. The zero-order valence-corrected chi connectivity index (χ0v) is 16.8. The highest BCUT2D eigenvalue weighted by atomic mass is 32.2. The second kappa shape index (κ2) is 8.18. The van der Waals surface area contributed by atoms with Crippen LogP contribution in [0.1, 0.15) is 6.92 Å². The second-order valence-corrected chi connectivity index (χ2v) is 8.72. The lowest BCUT2D eigenvalue weighted by molar-refractivity contribution is -0.132. The first-order valence-electron chi connectivity index (χ1n) is 9.11. The summed E-state index contributed by atoms with van der Waals surface area (Å²) in [7, 11) is -3.76. The number of carbonyl (C=O) groups excluding carboxylic acids is 1. The SMILES string of the molecule is C[C@@H](C(=O)N1CCN(c2ccccc2)CC1)N(c1cccc(F)c1)S(C)(=O)=O. The summed E-state index contributed by atoms with van der Waals surface area (Å²) in [5.41, 5.74) is 1.24. The molecule has 0 spiro atoms. The monoisotopic (exact) mass is 405 g/mol. The standard InChI is InChI=1S/C20H24FN3O3S/c1-16(24(28(2,26)27)19-10-6-7-17(21)15-19)20(25)23-13-11-22(12-14-23)18-8-4-3-5-9-18/h3-10,15-16H,11-14H2,1-2H3/t16-/m0/s1. The van der Waals surface area contributed by atoms with E-state index >= 15 is 0 Å². The molecule has 2 aromatic carbocycles. The molecule has 8 heteroatoms. The highest BCUT2D eigenvalue weighted by Crippen LogP contribution is 2.23. The number of benzene rings is 2. The van der Waals surface area contributed by atoms with Crippen molar-refractivity contribution >= 4 is 27.3 Å². The third-order valence-electron chi connectivity index (χ3n) is 4.84. The van der Waals surface area contributed by atoms with E-state index < -0.39 is 21.9 Å². The van der Waals surface area contributed by atoms with Crippen molar-refractivity contribution in [1.29, 1.82) is 0 Å². The largest absolute Gasteiger partial charge is 0.368 e. The summed E-state index contributed by atoms with van der Waals surface area (Å²) in [6, 6.07) is 14.3. The van der Waals surface area contributed by atoms with Crippen molar-refractivity contribution in [2.45, 2.75) is 13.0 Å². The van der Waals surface area contributed by atoms with Crippen molar-refractivity contribution in [3.05, 3.63) is 60.4 Å². The predicted octanol–water partition coefficient (Wildman–Crippen LogP) is 2.33. The minimum absolute atomic E-state index is 0.145. The van der Waals surface area contributed by atoms with Crippen molar-refractivity contribution in [3.8, 4) is 0 Å². The molecular weight excluding hydrogens is 381 g/mol. The molecule has 0 bridgehead atoms. The number of sulfonamides is 1. The van der Waals surface area contributed by atoms with E-state index in [9.17, 15) is 17.6 Å². The maximum atomic E-state index is 13.6. The van der Waals surface area contributed by atoms with Gasteiger partial charge in [0.05, 0.1) is 11.9 Å². The van der Waals surface area contributed by atoms with Gasteiger partial charge in [0, 0.05) is 31.9 Å². The number of carbonyl (C=O) groups is 1. The lowest BCUT2D eigenvalue weighted by Gasteiger charge is -2.39. The van der Waals surface area contributed by atoms with Gasteiger partial charge in [-0.05, 0) is 37.3 Å². The molecule has 3 rings (SSSR count). The summed E-state index contributed by atoms with van der Waals surface area (Å²) in [4.78, 5) is 16.9. The summed E-state index contributed by atoms with van der Waals surface area (Å²) in [5, 5.41) is 0. The molecule has 1 saturated heterocycles. The minimum Gasteiger partial charge on any atom is -0.368 e. The Hall–Kier alpha value is -2.61. The molecule has 1 aliphatic heterocycles. The quantitative estimate of drug-likeness (QED) is 0.766. The van der Waals surface area contributed by atoms with E-state index in [0.717, 1.165) is 22.3 Å². The fraction of sp³-hybridized carbons (Fsp3) is 0.350. The number of amides is 1. The molecule has 2 aromatic rings. The van der Waals surface area contributed by atoms with Crippen LogP contribution in [0.5, 0.6) is 0 Å². The number of halogens is 1. The van der Waals surface area contributed by atoms with Crippen LogP contribution in [0.3, 0.4) is 0 Å². The van der Waals surface area contributed by atoms with Crippen LogP contribution >= 0.6 is 0 Å². The van der Waals surface area contributed by atoms with E-state index in [1.165, 1.54) is 25.1 Å². The van der Waals surface area contributed by atoms with Gasteiger partial charge in [-0.1, -0.05) is 24.3 Å². The highest BCUT2D eigenvalue weighted by Gasteiger charge is 2.33. The van der Waals surface area contributed by atoms with Gasteiger partial charge in [-0.2, -0.15) is 0 Å². The maximum Gasteiger partial charge on any atom is 0.246 e. The molecule has 0 radical (unpaired) electrons. The molecule has 0 unspecified atom stereocenters. The van der Waals surface area contributed by atoms with Crippen LogP contribution < -0.4 is 9.21 Å². The topological polar surface area (TPSA) is 60.9 Å². The van der Waals surface area contributed by atoms with Gasteiger partial charge in [-0.15, -0.1) is 0 Å². The van der Waals surface area contributed by atoms with Crippen LogP contribution in [0.15, 0.2) is 54.6 Å². The molecule has 28 heavy (non-hydrogen) atoms. The Kier molecular flexibility index (Phi) is 5.88. The predicted molar refractivity (Wildman–Crippen MR) is 108 cm³/mol. The fourth-order valence-electron chi connectivity index (χ4n) is 3.50. The first-order chi connectivity index (χ1) is 13.3. The molecule has 6 nitrogen and oxygen atoms in total. The molecule has 1 amide bonds. The smallest absolute Gasteiger partial charge is 0.246 e. The molecule has 1 heterocycles. The minimum atomic E-state index is -3.76. The summed E-state index contributed by atoms with van der Waals surface area (Å²) < 4.78 is 39.3. The fourth-order valence-corrected chi connectivity index (χ4v) is 4.66. The van der Waals surface area contributed by atoms with Gasteiger partial charge in [-0.25, -0.2) is 12.8 Å². The Bertz CT molecular complexity index is 929. The van der Waals surface area contributed by atoms with E-state index in [0.29, 0.717) is 26.2 Å². The van der Waals surface area contributed by atoms with Gasteiger partial charge in [-0.3, -0.25) is 9.10 Å². The average molecular weight is 405 g/mol. The molecule has 1 fully saturated rings. The van der Waals surface area contributed by atoms with Gasteiger partial charge in [0.2, 0.25) is 15.9 Å². The van der Waals surface area contributed by atoms with Crippen molar-refractivity contribution in [2.24, 2.45) is 0 Å². The van der Waals surface area contributed by atoms with Crippen LogP contribution in [-0.2, 0) is 14.8 Å². The Labute approximate surface area is 165 Å². The third-order valence-corrected chi connectivity index (χ3v) is 6.08. The van der Waals surface area contributed by atoms with Crippen molar-refractivity contribution in [2.75, 3.05) is 41.6 Å². The molecule has 150 valence electrons. The number of piperazine rings is 1. The zero-order valence-electron chi connectivity index (χ0n) is 16.0. The molecule has 0 aromatic heterocycles. The molecule has 0 N–H and O–H groups in total. The molecule has 0 aliphatic carbocycles. The van der Waals surface area contributed by atoms with E-state index in [1.54, 1.807) is 4.90 Å². The number of hydrogen-bond donors (Lipinski definition) is 0. The van der Waals surface area contributed by atoms with Crippen LogP contribution in [0, 0.1) is 5.82 Å². The summed E-state index contributed by atoms with van der Waals surface area (Å²) in [6.45, 7) is 3.87. The van der Waals surface area contributed by atoms with Gasteiger partial charge < -0.3 is 9.80 Å². The van der Waals surface area contributed by atoms with Gasteiger partial charge in [0.25, 0.3) is 0 Å². The maximum absolute atomic E-state index is 13.6. The van der Waals surface area contributed by atoms with Crippen molar-refractivity contribution in [1.82, 2.24) is 4.90 Å². The van der Waals surface area contributed by atoms with Crippen molar-refractivity contribution < 1.29 is 17.6 Å². The summed E-state index contributed by atoms with van der Waals surface area (Å²) in [5.74, 6) is -0.843. The highest BCUT2D eigenvalue weighted by molar-refractivity contribution is 7.92. The number of nitrogens with zero attached hydrogens (tertiary/aromatic N) is 3. The van der Waals surface area contributed by atoms with Gasteiger partial charge in [0.15, 0.2) is 0 Å². The van der Waals surface area contributed by atoms with E-state index in [4.69, 9.17) is 0 Å². The molecule has 0 saturated carbocycles. The number of rotatable bonds is 5. The summed E-state index contributed by atoms with van der Waals surface area (Å²) in [6.07, 6.45) is 1.02. The average Bonchev–Trinajstić information content (AvgIpc) is 2.67. The molecular formula is C20H24FN3O3S. The lowest BCUT2D eigenvalue weighted by atomic mass is 10.2. The van der Waals surface area contributed by atoms with Crippen LogP contribution in [0.2, 0.25) is 0 Å². The molecule has 1 atom stereocenters. The Morgan fingerprint density at radius 3 is 2.25 bits per heavy atom. The number of hydrogen-bond acceptors (Lipinski definition) is 4. The number of para-hydroxylation sites is 1. The van der Waals surface area contributed by atoms with Gasteiger partial charge in [0.1, 0.15) is 11.9 Å². The first-order valence-corrected chi connectivity index (χ1v) is 11.0. The first kappa shape index (κ1) is 20.1. The Morgan fingerprint density at radius 1 is 1.04 bits per heavy atom. The Balaban J connectivity index is 1.74. The molecule has 1 aliphatic rings. The zero-order chi connectivity index (χ0) is 20.3. The van der Waals surface area contributed by atoms with E-state index in [2.05, 4.69) is 4.90 Å². The van der Waals surface area contributed by atoms with Crippen molar-refractivity contribution in [3.63, 3.8) is 0 Å². The normalized spacial score (nSPS) is 16.0. The van der Waals surface area contributed by atoms with Gasteiger partial charge >= 0.3 is 0 Å². The third kappa shape index (κ3) is 4.44. The summed E-state index contributed by atoms with van der Waals surface area (Å²) >= 11 is 0.